The number of anilines is 1. The molecule has 0 aliphatic carbocycles. The molecule has 5 nitrogen and oxygen atoms in total. The summed E-state index contributed by atoms with van der Waals surface area (Å²) in [5, 5.41) is 11.2. The van der Waals surface area contributed by atoms with Gasteiger partial charge in [0, 0.05) is 19.3 Å². The van der Waals surface area contributed by atoms with E-state index in [2.05, 4.69) is 15.3 Å². The van der Waals surface area contributed by atoms with E-state index in [1.165, 1.54) is 0 Å². The third kappa shape index (κ3) is 2.35. The van der Waals surface area contributed by atoms with Crippen LogP contribution >= 0.6 is 0 Å². The lowest BCUT2D eigenvalue weighted by molar-refractivity contribution is 0.196. The van der Waals surface area contributed by atoms with Gasteiger partial charge in [0.2, 0.25) is 11.8 Å². The van der Waals surface area contributed by atoms with Gasteiger partial charge in [-0.2, -0.15) is 4.98 Å². The van der Waals surface area contributed by atoms with E-state index in [0.29, 0.717) is 11.8 Å². The Morgan fingerprint density at radius 2 is 2.50 bits per heavy atom. The molecule has 66 valence electrons. The standard InChI is InChI=1S/C7H11N3O2/c1-8-7-9-3-2-6(10-7)12-5-4-11/h2-3,11H,4-5H2,1H3,(H,8,9,10). The van der Waals surface area contributed by atoms with Crippen LogP contribution < -0.4 is 10.1 Å². The molecule has 0 aliphatic rings. The monoisotopic (exact) mass is 169 g/mol. The van der Waals surface area contributed by atoms with E-state index in [9.17, 15) is 0 Å². The number of hydrogen-bond donors (Lipinski definition) is 2. The van der Waals surface area contributed by atoms with Crippen LogP contribution in [-0.2, 0) is 0 Å². The van der Waals surface area contributed by atoms with E-state index in [1.54, 1.807) is 19.3 Å². The predicted molar refractivity (Wildman–Crippen MR) is 44.2 cm³/mol. The molecule has 2 N–H and O–H groups in total. The molecule has 1 heterocycles. The van der Waals surface area contributed by atoms with Crippen LogP contribution in [0.15, 0.2) is 12.3 Å². The normalized spacial score (nSPS) is 9.50. The summed E-state index contributed by atoms with van der Waals surface area (Å²) in [6.07, 6.45) is 1.59. The molecule has 1 aromatic heterocycles. The molecule has 0 aliphatic heterocycles. The summed E-state index contributed by atoms with van der Waals surface area (Å²) >= 11 is 0. The van der Waals surface area contributed by atoms with Gasteiger partial charge in [0.15, 0.2) is 0 Å². The fourth-order valence-corrected chi connectivity index (χ4v) is 0.693. The molecule has 12 heavy (non-hydrogen) atoms. The fourth-order valence-electron chi connectivity index (χ4n) is 0.693. The molecule has 0 amide bonds. The topological polar surface area (TPSA) is 67.3 Å². The number of nitrogens with zero attached hydrogens (tertiary/aromatic N) is 2. The maximum atomic E-state index is 8.47. The highest BCUT2D eigenvalue weighted by atomic mass is 16.5. The van der Waals surface area contributed by atoms with Crippen molar-refractivity contribution in [2.45, 2.75) is 0 Å². The number of hydrogen-bond acceptors (Lipinski definition) is 5. The highest BCUT2D eigenvalue weighted by Gasteiger charge is 1.96. The molecule has 5 heteroatoms. The number of nitrogens with one attached hydrogen (secondary N) is 1. The molecule has 0 saturated carbocycles. The second-order valence-corrected chi connectivity index (χ2v) is 2.04. The van der Waals surface area contributed by atoms with Gasteiger partial charge in [0.25, 0.3) is 0 Å². The molecule has 0 unspecified atom stereocenters. The summed E-state index contributed by atoms with van der Waals surface area (Å²) in [4.78, 5) is 7.87. The summed E-state index contributed by atoms with van der Waals surface area (Å²) in [6, 6.07) is 1.64. The van der Waals surface area contributed by atoms with Crippen LogP contribution in [0.5, 0.6) is 5.88 Å². The first-order valence-electron chi connectivity index (χ1n) is 3.61. The molecule has 0 aromatic carbocycles. The molecule has 0 saturated heterocycles. The van der Waals surface area contributed by atoms with Gasteiger partial charge in [-0.1, -0.05) is 0 Å². The summed E-state index contributed by atoms with van der Waals surface area (Å²) in [5.74, 6) is 0.967. The third-order valence-corrected chi connectivity index (χ3v) is 1.19. The lowest BCUT2D eigenvalue weighted by Crippen LogP contribution is -2.04. The lowest BCUT2D eigenvalue weighted by Gasteiger charge is -2.03. The zero-order valence-corrected chi connectivity index (χ0v) is 6.82. The van der Waals surface area contributed by atoms with Crippen molar-refractivity contribution in [2.24, 2.45) is 0 Å². The van der Waals surface area contributed by atoms with Crippen molar-refractivity contribution < 1.29 is 9.84 Å². The Hall–Kier alpha value is -1.36. The highest BCUT2D eigenvalue weighted by Crippen LogP contribution is 2.06. The van der Waals surface area contributed by atoms with Crippen LogP contribution in [0, 0.1) is 0 Å². The Bertz CT molecular complexity index is 242. The lowest BCUT2D eigenvalue weighted by atomic mass is 10.6. The largest absolute Gasteiger partial charge is 0.475 e. The van der Waals surface area contributed by atoms with E-state index in [4.69, 9.17) is 9.84 Å². The first-order valence-corrected chi connectivity index (χ1v) is 3.61. The van der Waals surface area contributed by atoms with Gasteiger partial charge >= 0.3 is 0 Å². The number of aromatic nitrogens is 2. The Kier molecular flexibility index (Phi) is 3.28. The summed E-state index contributed by atoms with van der Waals surface area (Å²) in [6.45, 7) is 0.235. The van der Waals surface area contributed by atoms with Crippen LogP contribution in [0.2, 0.25) is 0 Å². The van der Waals surface area contributed by atoms with Crippen LogP contribution in [0.3, 0.4) is 0 Å². The minimum absolute atomic E-state index is 0.0150. The molecule has 0 spiro atoms. The SMILES string of the molecule is CNc1nccc(OCCO)n1. The summed E-state index contributed by atoms with van der Waals surface area (Å²) < 4.78 is 5.06. The van der Waals surface area contributed by atoms with Crippen molar-refractivity contribution >= 4 is 5.95 Å². The maximum Gasteiger partial charge on any atom is 0.225 e. The zero-order chi connectivity index (χ0) is 8.81. The van der Waals surface area contributed by atoms with E-state index in [1.807, 2.05) is 0 Å². The number of rotatable bonds is 4. The van der Waals surface area contributed by atoms with Crippen molar-refractivity contribution in [3.63, 3.8) is 0 Å². The van der Waals surface area contributed by atoms with Gasteiger partial charge in [0.05, 0.1) is 6.61 Å². The number of aliphatic hydroxyl groups is 1. The van der Waals surface area contributed by atoms with Gasteiger partial charge in [-0.15, -0.1) is 0 Å². The van der Waals surface area contributed by atoms with Gasteiger partial charge in [-0.3, -0.25) is 0 Å². The summed E-state index contributed by atoms with van der Waals surface area (Å²) in [7, 11) is 1.73. The average molecular weight is 169 g/mol. The van der Waals surface area contributed by atoms with Crippen LogP contribution in [0.1, 0.15) is 0 Å². The predicted octanol–water partition coefficient (Wildman–Crippen LogP) is -0.111. The Balaban J connectivity index is 2.60. The van der Waals surface area contributed by atoms with Gasteiger partial charge in [-0.05, 0) is 0 Å². The number of ether oxygens (including phenoxy) is 1. The van der Waals surface area contributed by atoms with Crippen LogP contribution in [0.4, 0.5) is 5.95 Å². The molecule has 1 rings (SSSR count). The van der Waals surface area contributed by atoms with Crippen molar-refractivity contribution in [3.8, 4) is 5.88 Å². The maximum absolute atomic E-state index is 8.47. The molecular weight excluding hydrogens is 158 g/mol. The van der Waals surface area contributed by atoms with Crippen molar-refractivity contribution in [1.29, 1.82) is 0 Å². The number of aliphatic hydroxyl groups excluding tert-OH is 1. The van der Waals surface area contributed by atoms with Crippen molar-refractivity contribution in [3.05, 3.63) is 12.3 Å². The van der Waals surface area contributed by atoms with Gasteiger partial charge in [0.1, 0.15) is 6.61 Å². The van der Waals surface area contributed by atoms with Crippen LogP contribution in [-0.4, -0.2) is 35.3 Å². The summed E-state index contributed by atoms with van der Waals surface area (Å²) in [5.41, 5.74) is 0. The Morgan fingerprint density at radius 3 is 3.17 bits per heavy atom. The third-order valence-electron chi connectivity index (χ3n) is 1.19. The van der Waals surface area contributed by atoms with Gasteiger partial charge in [-0.25, -0.2) is 4.98 Å². The molecule has 1 aromatic rings. The van der Waals surface area contributed by atoms with Crippen molar-refractivity contribution in [2.75, 3.05) is 25.6 Å². The van der Waals surface area contributed by atoms with E-state index in [-0.39, 0.29) is 13.2 Å². The van der Waals surface area contributed by atoms with Crippen molar-refractivity contribution in [1.82, 2.24) is 9.97 Å². The first kappa shape index (κ1) is 8.73. The highest BCUT2D eigenvalue weighted by molar-refractivity contribution is 5.25. The Morgan fingerprint density at radius 1 is 1.67 bits per heavy atom. The van der Waals surface area contributed by atoms with Crippen LogP contribution in [0.25, 0.3) is 0 Å². The minimum atomic E-state index is -0.0150. The second kappa shape index (κ2) is 4.50. The Labute approximate surface area is 70.4 Å². The fraction of sp³-hybridized carbons (Fsp3) is 0.429. The first-order chi connectivity index (χ1) is 5.86. The van der Waals surface area contributed by atoms with E-state index in [0.717, 1.165) is 0 Å². The smallest absolute Gasteiger partial charge is 0.225 e. The van der Waals surface area contributed by atoms with Gasteiger partial charge < -0.3 is 15.2 Å². The minimum Gasteiger partial charge on any atom is -0.475 e. The van der Waals surface area contributed by atoms with E-state index >= 15 is 0 Å². The molecule has 0 radical (unpaired) electrons. The zero-order valence-electron chi connectivity index (χ0n) is 6.82. The molecule has 0 bridgehead atoms. The van der Waals surface area contributed by atoms with E-state index < -0.39 is 0 Å². The molecular formula is C7H11N3O2. The molecule has 0 atom stereocenters. The second-order valence-electron chi connectivity index (χ2n) is 2.04. The average Bonchev–Trinajstić information content (AvgIpc) is 2.15. The quantitative estimate of drug-likeness (QED) is 0.658. The molecule has 0 fully saturated rings.